The van der Waals surface area contributed by atoms with E-state index in [-0.39, 0.29) is 29.2 Å². The SMILES string of the molecule is CC12CCC(C(NC(=O)[C@@H](Cc3ccccc3)NC(=O)N[C@@H](CCCCN)C(=O)O)C1)C2(C)C. The van der Waals surface area contributed by atoms with Crippen LogP contribution in [0.5, 0.6) is 0 Å². The lowest BCUT2D eigenvalue weighted by molar-refractivity contribution is -0.139. The van der Waals surface area contributed by atoms with Crippen molar-refractivity contribution >= 4 is 17.9 Å². The molecule has 1 aromatic rings. The highest BCUT2D eigenvalue weighted by Crippen LogP contribution is 2.65. The molecule has 3 amide bonds. The number of nitrogens with two attached hydrogens (primary N) is 1. The number of carboxylic acid groups (broad SMARTS) is 1. The third-order valence-corrected chi connectivity index (χ3v) is 8.43. The van der Waals surface area contributed by atoms with Crippen LogP contribution in [0.15, 0.2) is 30.3 Å². The minimum Gasteiger partial charge on any atom is -0.480 e. The highest BCUT2D eigenvalue weighted by molar-refractivity contribution is 5.89. The lowest BCUT2D eigenvalue weighted by Crippen LogP contribution is -2.56. The van der Waals surface area contributed by atoms with Gasteiger partial charge in [0.25, 0.3) is 0 Å². The van der Waals surface area contributed by atoms with Gasteiger partial charge in [0.05, 0.1) is 0 Å². The van der Waals surface area contributed by atoms with Gasteiger partial charge >= 0.3 is 12.0 Å². The topological polar surface area (TPSA) is 134 Å². The molecule has 0 heterocycles. The monoisotopic (exact) mass is 472 g/mol. The van der Waals surface area contributed by atoms with Gasteiger partial charge < -0.3 is 26.8 Å². The largest absolute Gasteiger partial charge is 0.480 e. The second kappa shape index (κ2) is 10.8. The molecule has 0 radical (unpaired) electrons. The van der Waals surface area contributed by atoms with Gasteiger partial charge in [-0.15, -0.1) is 0 Å². The molecule has 8 nitrogen and oxygen atoms in total. The first-order chi connectivity index (χ1) is 16.1. The summed E-state index contributed by atoms with van der Waals surface area (Å²) in [6, 6.07) is 7.08. The van der Waals surface area contributed by atoms with E-state index in [9.17, 15) is 19.5 Å². The predicted octanol–water partition coefficient (Wildman–Crippen LogP) is 2.81. The Labute approximate surface area is 202 Å². The zero-order valence-electron chi connectivity index (χ0n) is 20.6. The molecular formula is C26H40N4O4. The summed E-state index contributed by atoms with van der Waals surface area (Å²) in [7, 11) is 0. The number of urea groups is 1. The molecule has 2 aliphatic carbocycles. The molecule has 3 rings (SSSR count). The van der Waals surface area contributed by atoms with Crippen molar-refractivity contribution in [2.24, 2.45) is 22.5 Å². The van der Waals surface area contributed by atoms with Crippen molar-refractivity contribution in [3.63, 3.8) is 0 Å². The molecule has 2 bridgehead atoms. The zero-order valence-corrected chi connectivity index (χ0v) is 20.6. The van der Waals surface area contributed by atoms with Crippen LogP contribution in [0.2, 0.25) is 0 Å². The average molecular weight is 473 g/mol. The number of carbonyl (C=O) groups excluding carboxylic acids is 2. The van der Waals surface area contributed by atoms with Crippen LogP contribution >= 0.6 is 0 Å². The van der Waals surface area contributed by atoms with E-state index < -0.39 is 24.1 Å². The van der Waals surface area contributed by atoms with E-state index >= 15 is 0 Å². The molecular weight excluding hydrogens is 432 g/mol. The number of carbonyl (C=O) groups is 3. The molecule has 188 valence electrons. The second-order valence-corrected chi connectivity index (χ2v) is 10.8. The van der Waals surface area contributed by atoms with Crippen molar-refractivity contribution in [2.75, 3.05) is 6.54 Å². The smallest absolute Gasteiger partial charge is 0.326 e. The van der Waals surface area contributed by atoms with E-state index in [4.69, 9.17) is 5.73 Å². The summed E-state index contributed by atoms with van der Waals surface area (Å²) < 4.78 is 0. The molecule has 1 aromatic carbocycles. The van der Waals surface area contributed by atoms with Crippen molar-refractivity contribution in [2.45, 2.75) is 83.8 Å². The Hall–Kier alpha value is -2.61. The van der Waals surface area contributed by atoms with E-state index in [1.54, 1.807) is 0 Å². The molecule has 2 fully saturated rings. The Bertz CT molecular complexity index is 872. The number of fused-ring (bicyclic) bond motifs is 2. The first-order valence-corrected chi connectivity index (χ1v) is 12.4. The normalized spacial score (nSPS) is 26.5. The van der Waals surface area contributed by atoms with Gasteiger partial charge in [-0.25, -0.2) is 9.59 Å². The minimum absolute atomic E-state index is 0.0763. The molecule has 0 spiro atoms. The Balaban J connectivity index is 1.68. The highest BCUT2D eigenvalue weighted by atomic mass is 16.4. The van der Waals surface area contributed by atoms with Crippen LogP contribution in [-0.4, -0.2) is 47.7 Å². The van der Waals surface area contributed by atoms with E-state index in [2.05, 4.69) is 36.7 Å². The summed E-state index contributed by atoms with van der Waals surface area (Å²) in [5, 5.41) is 17.9. The van der Waals surface area contributed by atoms with Crippen LogP contribution in [0.4, 0.5) is 4.79 Å². The third kappa shape index (κ3) is 5.71. The second-order valence-electron chi connectivity index (χ2n) is 10.8. The first kappa shape index (κ1) is 26.0. The fourth-order valence-electron chi connectivity index (χ4n) is 5.90. The van der Waals surface area contributed by atoms with Crippen molar-refractivity contribution < 1.29 is 19.5 Å². The maximum Gasteiger partial charge on any atom is 0.326 e. The van der Waals surface area contributed by atoms with E-state index in [1.807, 2.05) is 30.3 Å². The van der Waals surface area contributed by atoms with Crippen molar-refractivity contribution in [3.05, 3.63) is 35.9 Å². The van der Waals surface area contributed by atoms with Gasteiger partial charge in [0, 0.05) is 12.5 Å². The molecule has 2 saturated carbocycles. The Morgan fingerprint density at radius 1 is 1.09 bits per heavy atom. The number of unbranched alkanes of at least 4 members (excludes halogenated alkanes) is 1. The summed E-state index contributed by atoms with van der Waals surface area (Å²) in [5.74, 6) is -0.925. The van der Waals surface area contributed by atoms with Gasteiger partial charge in [0.2, 0.25) is 5.91 Å². The van der Waals surface area contributed by atoms with Gasteiger partial charge in [-0.05, 0) is 67.4 Å². The van der Waals surface area contributed by atoms with E-state index in [0.717, 1.165) is 18.4 Å². The van der Waals surface area contributed by atoms with Crippen LogP contribution in [0, 0.1) is 16.7 Å². The number of aliphatic carboxylic acids is 1. The van der Waals surface area contributed by atoms with Crippen LogP contribution in [0.1, 0.15) is 64.9 Å². The lowest BCUT2D eigenvalue weighted by atomic mass is 9.71. The lowest BCUT2D eigenvalue weighted by Gasteiger charge is -2.33. The third-order valence-electron chi connectivity index (χ3n) is 8.43. The molecule has 0 aromatic heterocycles. The van der Waals surface area contributed by atoms with Gasteiger partial charge in [-0.1, -0.05) is 51.1 Å². The Kier molecular flexibility index (Phi) is 8.23. The molecule has 0 aliphatic heterocycles. The van der Waals surface area contributed by atoms with Crippen LogP contribution < -0.4 is 21.7 Å². The standard InChI is InChI=1S/C26H40N4O4/c1-25(2)18-12-13-26(25,3)16-21(18)28-22(31)20(15-17-9-5-4-6-10-17)30-24(34)29-19(23(32)33)11-7-8-14-27/h4-6,9-10,18-21H,7-8,11-16,27H2,1-3H3,(H,28,31)(H,32,33)(H2,29,30,34)/t18?,19-,20+,21?,26?/m0/s1. The van der Waals surface area contributed by atoms with Gasteiger partial charge in [-0.3, -0.25) is 4.79 Å². The van der Waals surface area contributed by atoms with E-state index in [1.165, 1.54) is 6.42 Å². The summed E-state index contributed by atoms with van der Waals surface area (Å²) in [4.78, 5) is 37.7. The van der Waals surface area contributed by atoms with Crippen molar-refractivity contribution in [1.29, 1.82) is 0 Å². The van der Waals surface area contributed by atoms with Gasteiger partial charge in [0.1, 0.15) is 12.1 Å². The summed E-state index contributed by atoms with van der Waals surface area (Å²) in [5.41, 5.74) is 6.76. The Morgan fingerprint density at radius 2 is 1.76 bits per heavy atom. The number of hydrogen-bond acceptors (Lipinski definition) is 4. The maximum absolute atomic E-state index is 13.4. The number of benzene rings is 1. The maximum atomic E-state index is 13.4. The number of hydrogen-bond donors (Lipinski definition) is 5. The number of amides is 3. The van der Waals surface area contributed by atoms with Gasteiger partial charge in [0.15, 0.2) is 0 Å². The van der Waals surface area contributed by atoms with Crippen LogP contribution in [0.3, 0.4) is 0 Å². The minimum atomic E-state index is -1.10. The predicted molar refractivity (Wildman–Crippen MR) is 131 cm³/mol. The average Bonchev–Trinajstić information content (AvgIpc) is 3.11. The summed E-state index contributed by atoms with van der Waals surface area (Å²) in [6.07, 6.45) is 5.09. The fourth-order valence-corrected chi connectivity index (χ4v) is 5.90. The first-order valence-electron chi connectivity index (χ1n) is 12.4. The number of nitrogens with one attached hydrogen (secondary N) is 3. The summed E-state index contributed by atoms with van der Waals surface area (Å²) >= 11 is 0. The number of rotatable bonds is 11. The Morgan fingerprint density at radius 3 is 2.32 bits per heavy atom. The molecule has 3 unspecified atom stereocenters. The van der Waals surface area contributed by atoms with Crippen molar-refractivity contribution in [1.82, 2.24) is 16.0 Å². The molecule has 34 heavy (non-hydrogen) atoms. The van der Waals surface area contributed by atoms with Crippen LogP contribution in [0.25, 0.3) is 0 Å². The van der Waals surface area contributed by atoms with Crippen LogP contribution in [-0.2, 0) is 16.0 Å². The molecule has 2 aliphatic rings. The molecule has 0 saturated heterocycles. The van der Waals surface area contributed by atoms with Gasteiger partial charge in [-0.2, -0.15) is 0 Å². The molecule has 6 N–H and O–H groups in total. The number of carboxylic acids is 1. The molecule has 5 atom stereocenters. The molecule has 8 heteroatoms. The summed E-state index contributed by atoms with van der Waals surface area (Å²) in [6.45, 7) is 7.36. The highest BCUT2D eigenvalue weighted by Gasteiger charge is 2.60. The quantitative estimate of drug-likeness (QED) is 0.316. The van der Waals surface area contributed by atoms with E-state index in [0.29, 0.717) is 31.7 Å². The fraction of sp³-hybridized carbons (Fsp3) is 0.654. The van der Waals surface area contributed by atoms with Crippen molar-refractivity contribution in [3.8, 4) is 0 Å². The zero-order chi connectivity index (χ0) is 24.9.